The molecule has 30 heavy (non-hydrogen) atoms. The predicted molar refractivity (Wildman–Crippen MR) is 121 cm³/mol. The summed E-state index contributed by atoms with van der Waals surface area (Å²) in [5.41, 5.74) is 1.49. The van der Waals surface area contributed by atoms with Gasteiger partial charge in [-0.25, -0.2) is 0 Å². The van der Waals surface area contributed by atoms with Crippen LogP contribution in [0.25, 0.3) is 6.08 Å². The van der Waals surface area contributed by atoms with E-state index in [1.54, 1.807) is 30.3 Å². The molecular weight excluding hydrogens is 422 g/mol. The van der Waals surface area contributed by atoms with Crippen LogP contribution in [0.1, 0.15) is 41.6 Å². The van der Waals surface area contributed by atoms with Gasteiger partial charge in [0.1, 0.15) is 5.75 Å². The fourth-order valence-corrected chi connectivity index (χ4v) is 3.68. The Morgan fingerprint density at radius 2 is 1.80 bits per heavy atom. The van der Waals surface area contributed by atoms with Gasteiger partial charge in [0.05, 0.1) is 14.1 Å². The van der Waals surface area contributed by atoms with Crippen molar-refractivity contribution >= 4 is 40.5 Å². The summed E-state index contributed by atoms with van der Waals surface area (Å²) in [6, 6.07) is 15.3. The first-order valence-electron chi connectivity index (χ1n) is 9.18. The van der Waals surface area contributed by atoms with E-state index in [2.05, 4.69) is 20.8 Å². The van der Waals surface area contributed by atoms with Gasteiger partial charge in [0.15, 0.2) is 5.78 Å². The van der Waals surface area contributed by atoms with Crippen LogP contribution in [0.2, 0.25) is 4.34 Å². The fourth-order valence-electron chi connectivity index (χ4n) is 2.72. The number of benzene rings is 2. The highest BCUT2D eigenvalue weighted by Gasteiger charge is 2.18. The third-order valence-electron chi connectivity index (χ3n) is 4.37. The topological polar surface area (TPSA) is 69.4 Å². The number of ether oxygens (including phenoxy) is 1. The minimum absolute atomic E-state index is 0.00435. The summed E-state index contributed by atoms with van der Waals surface area (Å²) in [5, 5.41) is 11.5. The zero-order chi connectivity index (χ0) is 21.9. The molecule has 1 heterocycles. The molecule has 0 radical (unpaired) electrons. The normalized spacial score (nSPS) is 11.6. The van der Waals surface area contributed by atoms with E-state index in [-0.39, 0.29) is 22.6 Å². The van der Waals surface area contributed by atoms with Gasteiger partial charge < -0.3 is 4.74 Å². The molecule has 0 unspecified atom stereocenters. The Morgan fingerprint density at radius 3 is 2.37 bits per heavy atom. The van der Waals surface area contributed by atoms with Gasteiger partial charge in [0.25, 0.3) is 0 Å². The first kappa shape index (κ1) is 21.7. The molecule has 7 heteroatoms. The third-order valence-corrected chi connectivity index (χ3v) is 5.62. The number of thiophene rings is 1. The van der Waals surface area contributed by atoms with E-state index in [9.17, 15) is 14.9 Å². The van der Waals surface area contributed by atoms with Crippen LogP contribution in [0, 0.1) is 10.1 Å². The maximum absolute atomic E-state index is 12.2. The van der Waals surface area contributed by atoms with Crippen molar-refractivity contribution in [3.8, 4) is 11.5 Å². The maximum atomic E-state index is 12.2. The molecule has 3 aromatic rings. The van der Waals surface area contributed by atoms with E-state index in [0.717, 1.165) is 5.56 Å². The van der Waals surface area contributed by atoms with E-state index in [4.69, 9.17) is 16.3 Å². The Bertz CT molecular complexity index is 1110. The van der Waals surface area contributed by atoms with Crippen LogP contribution in [0.3, 0.4) is 0 Å². The number of carbonyl (C=O) groups excluding carboxylic acids is 1. The van der Waals surface area contributed by atoms with Gasteiger partial charge in [-0.05, 0) is 52.9 Å². The zero-order valence-corrected chi connectivity index (χ0v) is 18.3. The summed E-state index contributed by atoms with van der Waals surface area (Å²) in [7, 11) is 0. The number of ketones is 1. The van der Waals surface area contributed by atoms with E-state index in [0.29, 0.717) is 20.5 Å². The molecule has 1 aromatic heterocycles. The van der Waals surface area contributed by atoms with Crippen molar-refractivity contribution in [2.45, 2.75) is 26.2 Å². The SMILES string of the molecule is CC(C)(C)c1ccc(Oc2ccc(C=CC(=O)c3ccc(Cl)s3)cc2[N+](=O)[O-])cc1. The molecule has 0 aliphatic carbocycles. The van der Waals surface area contributed by atoms with Crippen molar-refractivity contribution in [1.82, 2.24) is 0 Å². The molecule has 0 fully saturated rings. The molecule has 0 bridgehead atoms. The quantitative estimate of drug-likeness (QED) is 0.174. The van der Waals surface area contributed by atoms with Gasteiger partial charge in [-0.3, -0.25) is 14.9 Å². The summed E-state index contributed by atoms with van der Waals surface area (Å²) < 4.78 is 6.27. The van der Waals surface area contributed by atoms with Gasteiger partial charge in [-0.1, -0.05) is 56.6 Å². The number of nitro groups is 1. The lowest BCUT2D eigenvalue weighted by atomic mass is 9.87. The Labute approximate surface area is 183 Å². The number of hydrogen-bond acceptors (Lipinski definition) is 5. The van der Waals surface area contributed by atoms with Crippen molar-refractivity contribution in [2.24, 2.45) is 0 Å². The molecule has 2 aromatic carbocycles. The van der Waals surface area contributed by atoms with Crippen molar-refractivity contribution < 1.29 is 14.5 Å². The summed E-state index contributed by atoms with van der Waals surface area (Å²) in [6.07, 6.45) is 2.90. The largest absolute Gasteiger partial charge is 0.450 e. The van der Waals surface area contributed by atoms with Gasteiger partial charge in [-0.2, -0.15) is 0 Å². The highest BCUT2D eigenvalue weighted by molar-refractivity contribution is 7.18. The second-order valence-electron chi connectivity index (χ2n) is 7.66. The van der Waals surface area contributed by atoms with Gasteiger partial charge in [0, 0.05) is 6.07 Å². The average molecular weight is 442 g/mol. The van der Waals surface area contributed by atoms with Crippen molar-refractivity contribution in [1.29, 1.82) is 0 Å². The number of hydrogen-bond donors (Lipinski definition) is 0. The first-order valence-corrected chi connectivity index (χ1v) is 10.4. The molecule has 0 saturated heterocycles. The van der Waals surface area contributed by atoms with Crippen LogP contribution >= 0.6 is 22.9 Å². The van der Waals surface area contributed by atoms with Crippen molar-refractivity contribution in [3.63, 3.8) is 0 Å². The Morgan fingerprint density at radius 1 is 1.10 bits per heavy atom. The molecule has 0 aliphatic rings. The molecule has 0 saturated carbocycles. The number of nitro benzene ring substituents is 1. The fraction of sp³-hybridized carbons (Fsp3) is 0.174. The number of halogens is 1. The van der Waals surface area contributed by atoms with Gasteiger partial charge in [0.2, 0.25) is 5.75 Å². The standard InChI is InChI=1S/C23H20ClNO4S/c1-23(2,3)16-6-8-17(9-7-16)29-20-11-5-15(14-18(20)25(27)28)4-10-19(26)21-12-13-22(24)30-21/h4-14H,1-3H3. The molecule has 0 atom stereocenters. The second-order valence-corrected chi connectivity index (χ2v) is 9.38. The van der Waals surface area contributed by atoms with Crippen LogP contribution < -0.4 is 4.74 Å². The van der Waals surface area contributed by atoms with Crippen molar-refractivity contribution in [3.05, 3.63) is 91.1 Å². The van der Waals surface area contributed by atoms with E-state index >= 15 is 0 Å². The van der Waals surface area contributed by atoms with Crippen LogP contribution in [0.5, 0.6) is 11.5 Å². The molecule has 0 N–H and O–H groups in total. The number of nitrogens with zero attached hydrogens (tertiary/aromatic N) is 1. The predicted octanol–water partition coefficient (Wildman–Crippen LogP) is 7.30. The summed E-state index contributed by atoms with van der Waals surface area (Å²) >= 11 is 7.03. The maximum Gasteiger partial charge on any atom is 0.312 e. The van der Waals surface area contributed by atoms with Crippen molar-refractivity contribution in [2.75, 3.05) is 0 Å². The summed E-state index contributed by atoms with van der Waals surface area (Å²) in [6.45, 7) is 6.33. The van der Waals surface area contributed by atoms with Crippen LogP contribution in [-0.2, 0) is 5.41 Å². The minimum Gasteiger partial charge on any atom is -0.450 e. The Balaban J connectivity index is 1.80. The molecule has 0 amide bonds. The van der Waals surface area contributed by atoms with E-state index in [1.165, 1.54) is 35.6 Å². The lowest BCUT2D eigenvalue weighted by Gasteiger charge is -2.19. The summed E-state index contributed by atoms with van der Waals surface area (Å²) in [4.78, 5) is 23.7. The van der Waals surface area contributed by atoms with Gasteiger partial charge >= 0.3 is 5.69 Å². The molecular formula is C23H20ClNO4S. The highest BCUT2D eigenvalue weighted by atomic mass is 35.5. The van der Waals surface area contributed by atoms with Gasteiger partial charge in [-0.15, -0.1) is 11.3 Å². The molecule has 154 valence electrons. The third kappa shape index (κ3) is 5.34. The van der Waals surface area contributed by atoms with E-state index in [1.807, 2.05) is 12.1 Å². The molecule has 0 spiro atoms. The van der Waals surface area contributed by atoms with E-state index < -0.39 is 4.92 Å². The number of rotatable bonds is 6. The highest BCUT2D eigenvalue weighted by Crippen LogP contribution is 2.33. The zero-order valence-electron chi connectivity index (χ0n) is 16.7. The molecule has 0 aliphatic heterocycles. The van der Waals surface area contributed by atoms with Crippen LogP contribution in [0.4, 0.5) is 5.69 Å². The monoisotopic (exact) mass is 441 g/mol. The molecule has 5 nitrogen and oxygen atoms in total. The smallest absolute Gasteiger partial charge is 0.312 e. The minimum atomic E-state index is -0.503. The average Bonchev–Trinajstić information content (AvgIpc) is 3.13. The lowest BCUT2D eigenvalue weighted by Crippen LogP contribution is -2.10. The Kier molecular flexibility index (Phi) is 6.39. The Hall–Kier alpha value is -2.96. The summed E-state index contributed by atoms with van der Waals surface area (Å²) in [5.74, 6) is 0.435. The lowest BCUT2D eigenvalue weighted by molar-refractivity contribution is -0.385. The first-order chi connectivity index (χ1) is 14.1. The van der Waals surface area contributed by atoms with Crippen LogP contribution in [-0.4, -0.2) is 10.7 Å². The molecule has 3 rings (SSSR count). The van der Waals surface area contributed by atoms with Crippen LogP contribution in [0.15, 0.2) is 60.7 Å². The second kappa shape index (κ2) is 8.81. The number of carbonyl (C=O) groups is 1. The number of allylic oxidation sites excluding steroid dienone is 1.